The molecular weight excluding hydrogens is 386 g/mol. The van der Waals surface area contributed by atoms with Gasteiger partial charge in [0.05, 0.1) is 12.2 Å². The molecule has 0 radical (unpaired) electrons. The molecule has 1 unspecified atom stereocenters. The molecule has 1 aliphatic carbocycles. The van der Waals surface area contributed by atoms with Crippen LogP contribution in [-0.2, 0) is 22.4 Å². The molecule has 0 bridgehead atoms. The molecule has 1 aromatic carbocycles. The van der Waals surface area contributed by atoms with E-state index in [0.29, 0.717) is 29.3 Å². The van der Waals surface area contributed by atoms with Crippen LogP contribution in [-0.4, -0.2) is 24.6 Å². The van der Waals surface area contributed by atoms with Crippen LogP contribution in [0.1, 0.15) is 66.8 Å². The number of fused-ring (bicyclic) bond motifs is 1. The number of hydrogen-bond donors (Lipinski definition) is 1. The number of esters is 1. The van der Waals surface area contributed by atoms with Crippen LogP contribution in [0.4, 0.5) is 5.00 Å². The molecule has 1 amide bonds. The van der Waals surface area contributed by atoms with Crippen molar-refractivity contribution in [3.05, 3.63) is 46.3 Å². The highest BCUT2D eigenvalue weighted by molar-refractivity contribution is 7.17. The van der Waals surface area contributed by atoms with Gasteiger partial charge in [-0.2, -0.15) is 0 Å². The zero-order valence-corrected chi connectivity index (χ0v) is 18.0. The Morgan fingerprint density at radius 3 is 2.48 bits per heavy atom. The Kier molecular flexibility index (Phi) is 7.69. The smallest absolute Gasteiger partial charge is 0.341 e. The van der Waals surface area contributed by atoms with Crippen LogP contribution in [0.3, 0.4) is 0 Å². The van der Waals surface area contributed by atoms with E-state index in [1.54, 1.807) is 6.92 Å². The number of amides is 1. The SMILES string of the molecule is CCOC(=O)c1c(NC(=O)C(CC)Oc2ccccc2)sc2c1CCCCCC2. The van der Waals surface area contributed by atoms with Crippen LogP contribution >= 0.6 is 11.3 Å². The van der Waals surface area contributed by atoms with Crippen LogP contribution in [0.2, 0.25) is 0 Å². The Morgan fingerprint density at radius 2 is 1.79 bits per heavy atom. The lowest BCUT2D eigenvalue weighted by Crippen LogP contribution is -2.32. The van der Waals surface area contributed by atoms with Gasteiger partial charge in [0.2, 0.25) is 0 Å². The second-order valence-electron chi connectivity index (χ2n) is 7.16. The fraction of sp³-hybridized carbons (Fsp3) is 0.478. The second kappa shape index (κ2) is 10.4. The number of ether oxygens (including phenoxy) is 2. The van der Waals surface area contributed by atoms with Gasteiger partial charge in [0.15, 0.2) is 6.10 Å². The van der Waals surface area contributed by atoms with E-state index >= 15 is 0 Å². The number of carbonyl (C=O) groups excluding carboxylic acids is 2. The fourth-order valence-electron chi connectivity index (χ4n) is 3.60. The Labute approximate surface area is 176 Å². The van der Waals surface area contributed by atoms with Gasteiger partial charge in [0, 0.05) is 4.88 Å². The Balaban J connectivity index is 1.85. The maximum absolute atomic E-state index is 12.9. The lowest BCUT2D eigenvalue weighted by atomic mass is 9.96. The van der Waals surface area contributed by atoms with Crippen molar-refractivity contribution in [2.75, 3.05) is 11.9 Å². The molecule has 0 saturated carbocycles. The van der Waals surface area contributed by atoms with Gasteiger partial charge in [-0.1, -0.05) is 38.0 Å². The molecule has 6 heteroatoms. The van der Waals surface area contributed by atoms with E-state index < -0.39 is 6.10 Å². The van der Waals surface area contributed by atoms with Gasteiger partial charge in [-0.25, -0.2) is 4.79 Å². The standard InChI is InChI=1S/C23H29NO4S/c1-3-18(28-16-12-8-7-9-13-16)21(25)24-22-20(23(26)27-4-2)17-14-10-5-6-11-15-19(17)29-22/h7-9,12-13,18H,3-6,10-11,14-15H2,1-2H3,(H,24,25). The third-order valence-electron chi connectivity index (χ3n) is 5.07. The average Bonchev–Trinajstić information content (AvgIpc) is 3.03. The first-order valence-corrected chi connectivity index (χ1v) is 11.3. The van der Waals surface area contributed by atoms with E-state index in [4.69, 9.17) is 9.47 Å². The molecule has 0 fully saturated rings. The van der Waals surface area contributed by atoms with Crippen LogP contribution < -0.4 is 10.1 Å². The van der Waals surface area contributed by atoms with Crippen LogP contribution in [0, 0.1) is 0 Å². The van der Waals surface area contributed by atoms with Crippen LogP contribution in [0.15, 0.2) is 30.3 Å². The van der Waals surface area contributed by atoms with Crippen molar-refractivity contribution >= 4 is 28.2 Å². The number of thiophene rings is 1. The van der Waals surface area contributed by atoms with Crippen molar-refractivity contribution in [2.24, 2.45) is 0 Å². The molecule has 0 saturated heterocycles. The van der Waals surface area contributed by atoms with E-state index in [9.17, 15) is 9.59 Å². The molecule has 1 aliphatic rings. The molecule has 156 valence electrons. The van der Waals surface area contributed by atoms with Crippen LogP contribution in [0.25, 0.3) is 0 Å². The van der Waals surface area contributed by atoms with E-state index in [0.717, 1.165) is 31.2 Å². The number of hydrogen-bond acceptors (Lipinski definition) is 5. The number of carbonyl (C=O) groups is 2. The van der Waals surface area contributed by atoms with E-state index in [1.807, 2.05) is 37.3 Å². The van der Waals surface area contributed by atoms with Crippen molar-refractivity contribution in [3.8, 4) is 5.75 Å². The minimum Gasteiger partial charge on any atom is -0.481 e. The topological polar surface area (TPSA) is 64.6 Å². The lowest BCUT2D eigenvalue weighted by molar-refractivity contribution is -0.122. The molecular formula is C23H29NO4S. The third kappa shape index (κ3) is 5.38. The summed E-state index contributed by atoms with van der Waals surface area (Å²) in [5.74, 6) is 0.0626. The number of nitrogens with one attached hydrogen (secondary N) is 1. The van der Waals surface area contributed by atoms with Gasteiger partial charge in [0.1, 0.15) is 10.8 Å². The van der Waals surface area contributed by atoms with Crippen molar-refractivity contribution in [1.82, 2.24) is 0 Å². The molecule has 0 aliphatic heterocycles. The highest BCUT2D eigenvalue weighted by Crippen LogP contribution is 2.37. The summed E-state index contributed by atoms with van der Waals surface area (Å²) in [6.07, 6.45) is 6.24. The summed E-state index contributed by atoms with van der Waals surface area (Å²) in [6, 6.07) is 9.31. The summed E-state index contributed by atoms with van der Waals surface area (Å²) >= 11 is 1.51. The number of rotatable bonds is 7. The highest BCUT2D eigenvalue weighted by Gasteiger charge is 2.28. The Morgan fingerprint density at radius 1 is 1.07 bits per heavy atom. The van der Waals surface area contributed by atoms with E-state index in [1.165, 1.54) is 29.1 Å². The lowest BCUT2D eigenvalue weighted by Gasteiger charge is -2.17. The Hall–Kier alpha value is -2.34. The highest BCUT2D eigenvalue weighted by atomic mass is 32.1. The first-order valence-electron chi connectivity index (χ1n) is 10.5. The zero-order chi connectivity index (χ0) is 20.6. The molecule has 1 N–H and O–H groups in total. The number of aryl methyl sites for hydroxylation is 1. The monoisotopic (exact) mass is 415 g/mol. The molecule has 5 nitrogen and oxygen atoms in total. The summed E-state index contributed by atoms with van der Waals surface area (Å²) < 4.78 is 11.2. The number of anilines is 1. The predicted molar refractivity (Wildman–Crippen MR) is 116 cm³/mol. The van der Waals surface area contributed by atoms with Gasteiger partial charge in [-0.05, 0) is 56.7 Å². The normalized spacial score (nSPS) is 14.8. The predicted octanol–water partition coefficient (Wildman–Crippen LogP) is 5.38. The molecule has 3 rings (SSSR count). The molecule has 1 atom stereocenters. The first-order chi connectivity index (χ1) is 14.1. The number of benzene rings is 1. The van der Waals surface area contributed by atoms with Gasteiger partial charge in [-0.15, -0.1) is 11.3 Å². The molecule has 2 aromatic rings. The maximum Gasteiger partial charge on any atom is 0.341 e. The van der Waals surface area contributed by atoms with Crippen molar-refractivity contribution < 1.29 is 19.1 Å². The molecule has 29 heavy (non-hydrogen) atoms. The van der Waals surface area contributed by atoms with Gasteiger partial charge < -0.3 is 14.8 Å². The van der Waals surface area contributed by atoms with E-state index in [2.05, 4.69) is 5.32 Å². The zero-order valence-electron chi connectivity index (χ0n) is 17.2. The molecule has 1 aromatic heterocycles. The quantitative estimate of drug-likeness (QED) is 0.617. The Bertz CT molecular complexity index is 831. The summed E-state index contributed by atoms with van der Waals surface area (Å²) in [4.78, 5) is 26.9. The fourth-order valence-corrected chi connectivity index (χ4v) is 4.89. The van der Waals surface area contributed by atoms with Crippen molar-refractivity contribution in [3.63, 3.8) is 0 Å². The van der Waals surface area contributed by atoms with Crippen LogP contribution in [0.5, 0.6) is 5.75 Å². The molecule has 0 spiro atoms. The maximum atomic E-state index is 12.9. The minimum atomic E-state index is -0.628. The molecule has 1 heterocycles. The second-order valence-corrected chi connectivity index (χ2v) is 8.26. The number of para-hydroxylation sites is 1. The van der Waals surface area contributed by atoms with Crippen molar-refractivity contribution in [2.45, 2.75) is 64.9 Å². The average molecular weight is 416 g/mol. The van der Waals surface area contributed by atoms with Gasteiger partial charge in [-0.3, -0.25) is 4.79 Å². The van der Waals surface area contributed by atoms with Crippen molar-refractivity contribution in [1.29, 1.82) is 0 Å². The summed E-state index contributed by atoms with van der Waals surface area (Å²) in [6.45, 7) is 4.02. The largest absolute Gasteiger partial charge is 0.481 e. The summed E-state index contributed by atoms with van der Waals surface area (Å²) in [5, 5.41) is 3.57. The first kappa shape index (κ1) is 21.4. The summed E-state index contributed by atoms with van der Waals surface area (Å²) in [7, 11) is 0. The minimum absolute atomic E-state index is 0.240. The van der Waals surface area contributed by atoms with Gasteiger partial charge >= 0.3 is 5.97 Å². The summed E-state index contributed by atoms with van der Waals surface area (Å²) in [5.41, 5.74) is 1.59. The van der Waals surface area contributed by atoms with E-state index in [-0.39, 0.29) is 11.9 Å². The van der Waals surface area contributed by atoms with Gasteiger partial charge in [0.25, 0.3) is 5.91 Å². The third-order valence-corrected chi connectivity index (χ3v) is 6.28.